The first kappa shape index (κ1) is 25.8. The number of hydrogen-bond acceptors (Lipinski definition) is 6. The van der Waals surface area contributed by atoms with Crippen LogP contribution in [0.25, 0.3) is 5.65 Å². The maximum Gasteiger partial charge on any atom is 0.416 e. The van der Waals surface area contributed by atoms with Gasteiger partial charge in [0.1, 0.15) is 17.9 Å². The van der Waals surface area contributed by atoms with Crippen molar-refractivity contribution in [1.82, 2.24) is 34.9 Å². The van der Waals surface area contributed by atoms with Crippen molar-refractivity contribution in [3.63, 3.8) is 0 Å². The Morgan fingerprint density at radius 2 is 1.84 bits per heavy atom. The van der Waals surface area contributed by atoms with Gasteiger partial charge in [0.05, 0.1) is 17.9 Å². The van der Waals surface area contributed by atoms with Gasteiger partial charge in [-0.1, -0.05) is 37.5 Å². The van der Waals surface area contributed by atoms with E-state index < -0.39 is 17.2 Å². The fourth-order valence-electron chi connectivity index (χ4n) is 5.16. The van der Waals surface area contributed by atoms with Crippen LogP contribution in [0.3, 0.4) is 0 Å². The van der Waals surface area contributed by atoms with Crippen molar-refractivity contribution in [2.75, 3.05) is 13.2 Å². The molecule has 1 amide bonds. The topological polar surface area (TPSA) is 110 Å². The molecule has 1 fully saturated rings. The quantitative estimate of drug-likeness (QED) is 0.363. The summed E-state index contributed by atoms with van der Waals surface area (Å²) in [6, 6.07) is 10.6. The highest BCUT2D eigenvalue weighted by Crippen LogP contribution is 2.40. The molecule has 0 radical (unpaired) electrons. The van der Waals surface area contributed by atoms with E-state index in [1.807, 2.05) is 0 Å². The van der Waals surface area contributed by atoms with Gasteiger partial charge in [-0.15, -0.1) is 10.2 Å². The average Bonchev–Trinajstić information content (AvgIpc) is 3.54. The number of pyridine rings is 1. The second kappa shape index (κ2) is 10.5. The molecule has 0 atom stereocenters. The maximum absolute atomic E-state index is 13.3. The van der Waals surface area contributed by atoms with Crippen molar-refractivity contribution >= 4 is 11.6 Å². The first-order chi connectivity index (χ1) is 18.3. The lowest BCUT2D eigenvalue weighted by Gasteiger charge is -2.38. The molecule has 200 valence electrons. The predicted octanol–water partition coefficient (Wildman–Crippen LogP) is 3.55. The standard InChI is InChI=1S/C26H28F3N7O2/c27-26(28,29)19-9-7-18(8-10-19)25(12-2-1-3-13-25)17-30-24(38)21-5-4-6-23-31-20(15-35(21)23)16-36-33-22(11-14-37)32-34-36/h4-10,15,37H,1-3,11-14,16-17H2,(H,30,38). The number of carbonyl (C=O) groups is 1. The van der Waals surface area contributed by atoms with Crippen LogP contribution in [0.15, 0.2) is 48.7 Å². The third-order valence-electron chi connectivity index (χ3n) is 7.13. The number of aliphatic hydroxyl groups excluding tert-OH is 1. The molecule has 2 N–H and O–H groups in total. The lowest BCUT2D eigenvalue weighted by Crippen LogP contribution is -2.42. The molecule has 0 spiro atoms. The average molecular weight is 528 g/mol. The van der Waals surface area contributed by atoms with Crippen molar-refractivity contribution in [2.45, 2.75) is 56.7 Å². The fourth-order valence-corrected chi connectivity index (χ4v) is 5.16. The van der Waals surface area contributed by atoms with Gasteiger partial charge < -0.3 is 10.4 Å². The number of amides is 1. The number of alkyl halides is 3. The third-order valence-corrected chi connectivity index (χ3v) is 7.13. The highest BCUT2D eigenvalue weighted by Gasteiger charge is 2.36. The molecule has 0 bridgehead atoms. The third kappa shape index (κ3) is 5.40. The van der Waals surface area contributed by atoms with Gasteiger partial charge in [-0.05, 0) is 47.9 Å². The predicted molar refractivity (Wildman–Crippen MR) is 131 cm³/mol. The van der Waals surface area contributed by atoms with Gasteiger partial charge in [0.2, 0.25) is 0 Å². The zero-order valence-corrected chi connectivity index (χ0v) is 20.7. The Morgan fingerprint density at radius 3 is 2.55 bits per heavy atom. The highest BCUT2D eigenvalue weighted by atomic mass is 19.4. The van der Waals surface area contributed by atoms with Gasteiger partial charge in [0.25, 0.3) is 5.91 Å². The summed E-state index contributed by atoms with van der Waals surface area (Å²) in [5, 5.41) is 24.1. The number of fused-ring (bicyclic) bond motifs is 1. The Bertz CT molecular complexity index is 1410. The molecule has 0 unspecified atom stereocenters. The number of halogens is 3. The van der Waals surface area contributed by atoms with Gasteiger partial charge >= 0.3 is 6.18 Å². The molecule has 1 aliphatic carbocycles. The highest BCUT2D eigenvalue weighted by molar-refractivity contribution is 5.93. The Kier molecular flexibility index (Phi) is 7.15. The molecular formula is C26H28F3N7O2. The van der Waals surface area contributed by atoms with Crippen LogP contribution in [0.5, 0.6) is 0 Å². The maximum atomic E-state index is 13.3. The molecular weight excluding hydrogens is 499 g/mol. The van der Waals surface area contributed by atoms with Gasteiger partial charge in [-0.2, -0.15) is 18.0 Å². The van der Waals surface area contributed by atoms with Crippen LogP contribution in [0.4, 0.5) is 13.2 Å². The molecule has 5 rings (SSSR count). The van der Waals surface area contributed by atoms with Gasteiger partial charge in [0.15, 0.2) is 5.82 Å². The Balaban J connectivity index is 1.34. The van der Waals surface area contributed by atoms with Crippen molar-refractivity contribution in [1.29, 1.82) is 0 Å². The number of benzene rings is 1. The normalized spacial score (nSPS) is 15.6. The smallest absolute Gasteiger partial charge is 0.396 e. The molecule has 0 saturated heterocycles. The summed E-state index contributed by atoms with van der Waals surface area (Å²) in [7, 11) is 0. The summed E-state index contributed by atoms with van der Waals surface area (Å²) < 4.78 is 41.0. The number of nitrogens with zero attached hydrogens (tertiary/aromatic N) is 6. The molecule has 1 aliphatic rings. The molecule has 3 aromatic heterocycles. The summed E-state index contributed by atoms with van der Waals surface area (Å²) in [6.45, 7) is 0.503. The van der Waals surface area contributed by atoms with Crippen LogP contribution >= 0.6 is 0 Å². The molecule has 38 heavy (non-hydrogen) atoms. The molecule has 1 saturated carbocycles. The van der Waals surface area contributed by atoms with Crippen molar-refractivity contribution in [2.24, 2.45) is 0 Å². The van der Waals surface area contributed by atoms with E-state index in [4.69, 9.17) is 5.11 Å². The lowest BCUT2D eigenvalue weighted by atomic mass is 9.69. The number of aliphatic hydroxyl groups is 1. The Morgan fingerprint density at radius 1 is 1.08 bits per heavy atom. The second-order valence-electron chi connectivity index (χ2n) is 9.68. The summed E-state index contributed by atoms with van der Waals surface area (Å²) in [4.78, 5) is 19.3. The van der Waals surface area contributed by atoms with Crippen LogP contribution in [0.2, 0.25) is 0 Å². The SMILES string of the molecule is O=C(NCC1(c2ccc(C(F)(F)F)cc2)CCCCC1)c1cccc2nc(Cn3nnc(CCO)n3)cn12. The van der Waals surface area contributed by atoms with E-state index in [2.05, 4.69) is 25.7 Å². The zero-order valence-electron chi connectivity index (χ0n) is 20.7. The van der Waals surface area contributed by atoms with Crippen LogP contribution in [0, 0.1) is 0 Å². The largest absolute Gasteiger partial charge is 0.416 e. The summed E-state index contributed by atoms with van der Waals surface area (Å²) in [5.74, 6) is 0.140. The van der Waals surface area contributed by atoms with Gasteiger partial charge in [-0.3, -0.25) is 9.20 Å². The van der Waals surface area contributed by atoms with Crippen LogP contribution < -0.4 is 5.32 Å². The van der Waals surface area contributed by atoms with E-state index in [1.54, 1.807) is 40.9 Å². The van der Waals surface area contributed by atoms with E-state index in [-0.39, 0.29) is 19.1 Å². The Hall–Kier alpha value is -3.80. The number of aromatic nitrogens is 6. The summed E-state index contributed by atoms with van der Waals surface area (Å²) >= 11 is 0. The van der Waals surface area contributed by atoms with Crippen molar-refractivity contribution < 1.29 is 23.1 Å². The molecule has 0 aliphatic heterocycles. The molecule has 1 aromatic carbocycles. The summed E-state index contributed by atoms with van der Waals surface area (Å²) in [6.07, 6.45) is 2.22. The van der Waals surface area contributed by atoms with Gasteiger partial charge in [-0.25, -0.2) is 4.98 Å². The Labute approximate surface area is 216 Å². The van der Waals surface area contributed by atoms with E-state index in [0.717, 1.165) is 49.8 Å². The van der Waals surface area contributed by atoms with E-state index in [9.17, 15) is 18.0 Å². The number of imidazole rings is 1. The van der Waals surface area contributed by atoms with Crippen LogP contribution in [-0.4, -0.2) is 53.8 Å². The van der Waals surface area contributed by atoms with Crippen LogP contribution in [0.1, 0.15) is 65.2 Å². The number of tetrazole rings is 1. The fraction of sp³-hybridized carbons (Fsp3) is 0.423. The van der Waals surface area contributed by atoms with E-state index in [0.29, 0.717) is 35.8 Å². The number of hydrogen-bond donors (Lipinski definition) is 2. The van der Waals surface area contributed by atoms with Crippen LogP contribution in [-0.2, 0) is 24.6 Å². The summed E-state index contributed by atoms with van der Waals surface area (Å²) in [5.41, 5.74) is 1.33. The molecule has 4 aromatic rings. The molecule has 12 heteroatoms. The molecule has 3 heterocycles. The van der Waals surface area contributed by atoms with Gasteiger partial charge in [0, 0.05) is 24.6 Å². The first-order valence-corrected chi connectivity index (χ1v) is 12.6. The minimum absolute atomic E-state index is 0.0708. The molecule has 9 nitrogen and oxygen atoms in total. The number of carbonyl (C=O) groups excluding carboxylic acids is 1. The van der Waals surface area contributed by atoms with E-state index in [1.165, 1.54) is 4.80 Å². The number of nitrogens with one attached hydrogen (secondary N) is 1. The first-order valence-electron chi connectivity index (χ1n) is 12.6. The van der Waals surface area contributed by atoms with Crippen molar-refractivity contribution in [3.05, 3.63) is 77.0 Å². The monoisotopic (exact) mass is 527 g/mol. The number of rotatable bonds is 8. The second-order valence-corrected chi connectivity index (χ2v) is 9.68. The zero-order chi connectivity index (χ0) is 26.8. The minimum atomic E-state index is -4.39. The van der Waals surface area contributed by atoms with Crippen molar-refractivity contribution in [3.8, 4) is 0 Å². The lowest BCUT2D eigenvalue weighted by molar-refractivity contribution is -0.137. The van der Waals surface area contributed by atoms with E-state index >= 15 is 0 Å². The minimum Gasteiger partial charge on any atom is -0.396 e.